The van der Waals surface area contributed by atoms with Crippen molar-refractivity contribution >= 4 is 5.97 Å². The molecular weight excluding hydrogens is 146 g/mol. The van der Waals surface area contributed by atoms with Crippen LogP contribution in [-0.4, -0.2) is 17.6 Å². The number of carbonyl (C=O) groups is 1. The quantitative estimate of drug-likeness (QED) is 0.458. The summed E-state index contributed by atoms with van der Waals surface area (Å²) in [5.41, 5.74) is 6.41. The molecular formula is C6H9N3O2. The van der Waals surface area contributed by atoms with Gasteiger partial charge in [-0.3, -0.25) is 4.79 Å². The van der Waals surface area contributed by atoms with Gasteiger partial charge in [0.15, 0.2) is 0 Å². The first-order valence-corrected chi connectivity index (χ1v) is 3.18. The van der Waals surface area contributed by atoms with Gasteiger partial charge in [0.05, 0.1) is 12.6 Å². The van der Waals surface area contributed by atoms with Crippen molar-refractivity contribution in [2.45, 2.75) is 12.8 Å². The molecule has 0 aromatic carbocycles. The molecule has 2 N–H and O–H groups in total. The van der Waals surface area contributed by atoms with E-state index >= 15 is 0 Å². The van der Waals surface area contributed by atoms with Crippen LogP contribution in [0.4, 0.5) is 0 Å². The third-order valence-corrected chi connectivity index (χ3v) is 1.22. The number of nitriles is 1. The van der Waals surface area contributed by atoms with E-state index in [1.807, 2.05) is 0 Å². The number of rotatable bonds is 5. The highest BCUT2D eigenvalue weighted by molar-refractivity contribution is 5.72. The van der Waals surface area contributed by atoms with Crippen LogP contribution < -0.4 is 0 Å². The zero-order chi connectivity index (χ0) is 8.69. The van der Waals surface area contributed by atoms with Crippen molar-refractivity contribution < 1.29 is 9.90 Å². The molecule has 0 aliphatic carbocycles. The molecule has 0 spiro atoms. The molecule has 1 unspecified atom stereocenters. The van der Waals surface area contributed by atoms with Gasteiger partial charge < -0.3 is 5.11 Å². The lowest BCUT2D eigenvalue weighted by atomic mass is 10.1. The van der Waals surface area contributed by atoms with E-state index in [1.54, 1.807) is 6.07 Å². The summed E-state index contributed by atoms with van der Waals surface area (Å²) in [6.45, 7) is 0.297. The van der Waals surface area contributed by atoms with Crippen molar-refractivity contribution in [3.63, 3.8) is 0 Å². The van der Waals surface area contributed by atoms with E-state index in [0.717, 1.165) is 0 Å². The summed E-state index contributed by atoms with van der Waals surface area (Å²) in [6, 6.07) is 1.66. The van der Waals surface area contributed by atoms with Crippen molar-refractivity contribution in [1.82, 2.24) is 0 Å². The van der Waals surface area contributed by atoms with Crippen LogP contribution in [0.25, 0.3) is 0 Å². The summed E-state index contributed by atoms with van der Waals surface area (Å²) in [7, 11) is 0. The molecule has 0 rings (SSSR count). The molecule has 0 aliphatic rings. The smallest absolute Gasteiger partial charge is 0.320 e. The second-order valence-electron chi connectivity index (χ2n) is 2.04. The van der Waals surface area contributed by atoms with Crippen molar-refractivity contribution in [3.05, 3.63) is 0 Å². The van der Waals surface area contributed by atoms with E-state index < -0.39 is 11.9 Å². The number of hydrogen-bond acceptors (Lipinski definition) is 4. The summed E-state index contributed by atoms with van der Waals surface area (Å²) in [5, 5.41) is 19.7. The van der Waals surface area contributed by atoms with Crippen LogP contribution >= 0.6 is 0 Å². The summed E-state index contributed by atoms with van der Waals surface area (Å²) >= 11 is 0. The van der Waals surface area contributed by atoms with Gasteiger partial charge in [0.2, 0.25) is 0 Å². The van der Waals surface area contributed by atoms with E-state index in [4.69, 9.17) is 15.9 Å². The summed E-state index contributed by atoms with van der Waals surface area (Å²) < 4.78 is 0. The van der Waals surface area contributed by atoms with Crippen LogP contribution in [0, 0.1) is 22.8 Å². The van der Waals surface area contributed by atoms with E-state index in [9.17, 15) is 4.79 Å². The zero-order valence-corrected chi connectivity index (χ0v) is 5.95. The normalized spacial score (nSPS) is 11.5. The Morgan fingerprint density at radius 3 is 2.82 bits per heavy atom. The summed E-state index contributed by atoms with van der Waals surface area (Å²) in [4.78, 5) is 10.2. The number of nitrogens with zero attached hydrogens (tertiary/aromatic N) is 2. The minimum atomic E-state index is -1.10. The van der Waals surface area contributed by atoms with E-state index in [1.165, 1.54) is 0 Å². The molecule has 0 heterocycles. The maximum absolute atomic E-state index is 10.2. The Morgan fingerprint density at radius 1 is 1.82 bits per heavy atom. The highest BCUT2D eigenvalue weighted by Crippen LogP contribution is 2.04. The van der Waals surface area contributed by atoms with Crippen LogP contribution in [0.5, 0.6) is 0 Å². The number of carboxylic acids is 1. The minimum absolute atomic E-state index is 0.272. The van der Waals surface area contributed by atoms with Gasteiger partial charge in [-0.1, -0.05) is 0 Å². The Balaban J connectivity index is 3.63. The van der Waals surface area contributed by atoms with Crippen molar-refractivity contribution in [2.24, 2.45) is 11.0 Å². The summed E-state index contributed by atoms with van der Waals surface area (Å²) in [6.07, 6.45) is 0.752. The van der Waals surface area contributed by atoms with Gasteiger partial charge in [0, 0.05) is 0 Å². The highest BCUT2D eigenvalue weighted by Gasteiger charge is 2.14. The first-order valence-electron chi connectivity index (χ1n) is 3.18. The van der Waals surface area contributed by atoms with Crippen molar-refractivity contribution in [1.29, 1.82) is 10.8 Å². The average molecular weight is 155 g/mol. The lowest BCUT2D eigenvalue weighted by molar-refractivity contribution is -0.139. The second-order valence-corrected chi connectivity index (χ2v) is 2.04. The minimum Gasteiger partial charge on any atom is -0.480 e. The van der Waals surface area contributed by atoms with Crippen LogP contribution in [0.1, 0.15) is 12.8 Å². The SMILES string of the molecule is N#CC(CCCN=N)C(=O)O. The fourth-order valence-corrected chi connectivity index (χ4v) is 0.618. The van der Waals surface area contributed by atoms with Crippen LogP contribution in [0.3, 0.4) is 0 Å². The number of carboxylic acid groups (broad SMARTS) is 1. The van der Waals surface area contributed by atoms with Gasteiger partial charge >= 0.3 is 5.97 Å². The Labute approximate surface area is 64.1 Å². The molecule has 11 heavy (non-hydrogen) atoms. The predicted molar refractivity (Wildman–Crippen MR) is 36.0 cm³/mol. The highest BCUT2D eigenvalue weighted by atomic mass is 16.4. The molecule has 0 saturated heterocycles. The molecule has 0 amide bonds. The second kappa shape index (κ2) is 5.35. The summed E-state index contributed by atoms with van der Waals surface area (Å²) in [5.74, 6) is -2.05. The molecule has 0 aromatic heterocycles. The molecule has 0 aromatic rings. The lowest BCUT2D eigenvalue weighted by Gasteiger charge is -1.99. The molecule has 5 nitrogen and oxygen atoms in total. The largest absolute Gasteiger partial charge is 0.480 e. The van der Waals surface area contributed by atoms with Crippen LogP contribution in [0.15, 0.2) is 5.11 Å². The molecule has 0 radical (unpaired) electrons. The van der Waals surface area contributed by atoms with Gasteiger partial charge in [-0.2, -0.15) is 10.4 Å². The Kier molecular flexibility index (Phi) is 4.65. The maximum Gasteiger partial charge on any atom is 0.320 e. The molecule has 1 atom stereocenters. The zero-order valence-electron chi connectivity index (χ0n) is 5.95. The Hall–Kier alpha value is -1.44. The molecule has 5 heteroatoms. The topological polar surface area (TPSA) is 97.3 Å². The van der Waals surface area contributed by atoms with Crippen molar-refractivity contribution in [2.75, 3.05) is 6.54 Å². The number of aliphatic carboxylic acids is 1. The van der Waals surface area contributed by atoms with Crippen LogP contribution in [-0.2, 0) is 4.79 Å². The fourth-order valence-electron chi connectivity index (χ4n) is 0.618. The van der Waals surface area contributed by atoms with Gasteiger partial charge in [-0.05, 0) is 12.8 Å². The van der Waals surface area contributed by atoms with Gasteiger partial charge in [-0.15, -0.1) is 0 Å². The van der Waals surface area contributed by atoms with Gasteiger partial charge in [0.25, 0.3) is 0 Å². The maximum atomic E-state index is 10.2. The molecule has 0 fully saturated rings. The van der Waals surface area contributed by atoms with E-state index in [0.29, 0.717) is 13.0 Å². The molecule has 0 bridgehead atoms. The third-order valence-electron chi connectivity index (χ3n) is 1.22. The third kappa shape index (κ3) is 4.03. The molecule has 60 valence electrons. The number of nitrogens with one attached hydrogen (secondary N) is 1. The van der Waals surface area contributed by atoms with Crippen LogP contribution in [0.2, 0.25) is 0 Å². The average Bonchev–Trinajstić information content (AvgIpc) is 1.97. The van der Waals surface area contributed by atoms with Gasteiger partial charge in [0.1, 0.15) is 5.92 Å². The Morgan fingerprint density at radius 2 is 2.45 bits per heavy atom. The molecule has 0 aliphatic heterocycles. The molecule has 0 saturated carbocycles. The number of hydrogen-bond donors (Lipinski definition) is 2. The monoisotopic (exact) mass is 155 g/mol. The lowest BCUT2D eigenvalue weighted by Crippen LogP contribution is -2.11. The van der Waals surface area contributed by atoms with Crippen molar-refractivity contribution in [3.8, 4) is 6.07 Å². The first-order chi connectivity index (χ1) is 5.22. The van der Waals surface area contributed by atoms with E-state index in [2.05, 4.69) is 5.11 Å². The standard InChI is InChI=1S/C6H9N3O2/c7-4-5(6(10)11)2-1-3-9-8/h5,8H,1-3H2,(H,10,11). The first kappa shape index (κ1) is 9.56. The van der Waals surface area contributed by atoms with Gasteiger partial charge in [-0.25, -0.2) is 5.53 Å². The Bertz CT molecular complexity index is 185. The predicted octanol–water partition coefficient (Wildman–Crippen LogP) is 1.02. The fraction of sp³-hybridized carbons (Fsp3) is 0.667. The van der Waals surface area contributed by atoms with E-state index in [-0.39, 0.29) is 6.42 Å².